The summed E-state index contributed by atoms with van der Waals surface area (Å²) < 4.78 is 10.4. The molecule has 0 fully saturated rings. The maximum absolute atomic E-state index is 12.6. The van der Waals surface area contributed by atoms with Gasteiger partial charge in [0.05, 0.1) is 12.0 Å². The highest BCUT2D eigenvalue weighted by Crippen LogP contribution is 2.44. The van der Waals surface area contributed by atoms with Crippen molar-refractivity contribution < 1.29 is 28.8 Å². The Bertz CT molecular complexity index is 1190. The molecule has 2 amide bonds. The summed E-state index contributed by atoms with van der Waals surface area (Å²) in [7, 11) is 0. The van der Waals surface area contributed by atoms with Crippen LogP contribution in [0.3, 0.4) is 0 Å². The van der Waals surface area contributed by atoms with Crippen LogP contribution in [0.4, 0.5) is 4.79 Å². The predicted octanol–water partition coefficient (Wildman–Crippen LogP) is 3.55. The molecule has 9 heteroatoms. The fourth-order valence-electron chi connectivity index (χ4n) is 3.93. The summed E-state index contributed by atoms with van der Waals surface area (Å²) in [6.07, 6.45) is -0.607. The summed E-state index contributed by atoms with van der Waals surface area (Å²) in [6, 6.07) is 17.4. The maximum Gasteiger partial charge on any atom is 0.407 e. The van der Waals surface area contributed by atoms with Crippen LogP contribution in [0.25, 0.3) is 11.1 Å². The third-order valence-electron chi connectivity index (χ3n) is 5.83. The van der Waals surface area contributed by atoms with Crippen molar-refractivity contribution in [3.8, 4) is 11.1 Å². The van der Waals surface area contributed by atoms with E-state index in [0.717, 1.165) is 22.3 Å². The lowest BCUT2D eigenvalue weighted by Gasteiger charge is -2.23. The van der Waals surface area contributed by atoms with Crippen molar-refractivity contribution in [2.24, 2.45) is 5.41 Å². The van der Waals surface area contributed by atoms with Gasteiger partial charge in [0.1, 0.15) is 6.61 Å². The molecule has 3 aromatic rings. The largest absolute Gasteiger partial charge is 0.476 e. The summed E-state index contributed by atoms with van der Waals surface area (Å²) >= 11 is 0. The Labute approximate surface area is 196 Å². The number of aromatic nitrogens is 1. The molecule has 176 valence electrons. The van der Waals surface area contributed by atoms with E-state index in [4.69, 9.17) is 14.4 Å². The molecular weight excluding hydrogens is 438 g/mol. The average molecular weight is 463 g/mol. The molecule has 1 aliphatic rings. The number of hydrogen-bond acceptors (Lipinski definition) is 6. The lowest BCUT2D eigenvalue weighted by Crippen LogP contribution is -2.44. The van der Waals surface area contributed by atoms with Crippen molar-refractivity contribution in [1.82, 2.24) is 15.8 Å². The second kappa shape index (κ2) is 9.38. The molecule has 0 bridgehead atoms. The molecule has 0 aliphatic heterocycles. The molecule has 34 heavy (non-hydrogen) atoms. The van der Waals surface area contributed by atoms with Gasteiger partial charge in [0.15, 0.2) is 11.5 Å². The van der Waals surface area contributed by atoms with Crippen LogP contribution in [0, 0.1) is 5.41 Å². The molecule has 0 spiro atoms. The van der Waals surface area contributed by atoms with Crippen molar-refractivity contribution in [2.45, 2.75) is 26.3 Å². The molecule has 4 rings (SSSR count). The highest BCUT2D eigenvalue weighted by atomic mass is 16.5. The molecule has 9 nitrogen and oxygen atoms in total. The molecule has 0 saturated carbocycles. The number of amides is 2. The summed E-state index contributed by atoms with van der Waals surface area (Å²) in [5.41, 5.74) is 3.35. The van der Waals surface area contributed by atoms with E-state index >= 15 is 0 Å². The van der Waals surface area contributed by atoms with Gasteiger partial charge < -0.3 is 25.0 Å². The molecule has 0 unspecified atom stereocenters. The molecule has 2 aromatic carbocycles. The number of carbonyl (C=O) groups is 3. The lowest BCUT2D eigenvalue weighted by molar-refractivity contribution is -0.129. The van der Waals surface area contributed by atoms with Gasteiger partial charge in [0.25, 0.3) is 0 Å². The number of ether oxygens (including phenoxy) is 1. The third-order valence-corrected chi connectivity index (χ3v) is 5.83. The Morgan fingerprint density at radius 2 is 1.65 bits per heavy atom. The number of carboxylic acid groups (broad SMARTS) is 1. The number of carboxylic acids is 1. The van der Waals surface area contributed by atoms with E-state index in [2.05, 4.69) is 27.9 Å². The monoisotopic (exact) mass is 463 g/mol. The zero-order valence-corrected chi connectivity index (χ0v) is 18.8. The van der Waals surface area contributed by atoms with Crippen LogP contribution in [0.1, 0.15) is 47.1 Å². The van der Waals surface area contributed by atoms with Crippen LogP contribution >= 0.6 is 0 Å². The van der Waals surface area contributed by atoms with E-state index in [1.165, 1.54) is 6.07 Å². The van der Waals surface area contributed by atoms with Crippen molar-refractivity contribution >= 4 is 18.0 Å². The second-order valence-electron chi connectivity index (χ2n) is 8.73. The minimum absolute atomic E-state index is 0.0203. The van der Waals surface area contributed by atoms with Crippen LogP contribution < -0.4 is 10.6 Å². The van der Waals surface area contributed by atoms with Gasteiger partial charge >= 0.3 is 12.1 Å². The van der Waals surface area contributed by atoms with Crippen LogP contribution in [-0.2, 0) is 16.1 Å². The Morgan fingerprint density at radius 1 is 1.03 bits per heavy atom. The normalized spacial score (nSPS) is 12.5. The smallest absolute Gasteiger partial charge is 0.407 e. The first-order valence-electron chi connectivity index (χ1n) is 10.8. The summed E-state index contributed by atoms with van der Waals surface area (Å²) in [5.74, 6) is -1.40. The van der Waals surface area contributed by atoms with E-state index in [9.17, 15) is 14.4 Å². The van der Waals surface area contributed by atoms with Crippen LogP contribution in [0.2, 0.25) is 0 Å². The topological polar surface area (TPSA) is 131 Å². The van der Waals surface area contributed by atoms with Crippen molar-refractivity contribution in [3.63, 3.8) is 0 Å². The Hall–Kier alpha value is -4.14. The Kier molecular flexibility index (Phi) is 6.36. The van der Waals surface area contributed by atoms with Gasteiger partial charge in [-0.3, -0.25) is 4.79 Å². The van der Waals surface area contributed by atoms with Crippen LogP contribution in [0.15, 0.2) is 59.1 Å². The molecule has 1 aliphatic carbocycles. The standard InChI is InChI=1S/C25H25N3O6/c1-25(2,23(31)26-12-15-11-21(22(29)30)28-34-15)14-27-24(32)33-13-20-18-9-5-3-7-16(18)17-8-4-6-10-19(17)20/h3-11,20H,12-14H2,1-2H3,(H,26,31)(H,27,32)(H,29,30). The Balaban J connectivity index is 1.28. The fraction of sp³-hybridized carbons (Fsp3) is 0.280. The second-order valence-corrected chi connectivity index (χ2v) is 8.73. The lowest BCUT2D eigenvalue weighted by atomic mass is 9.92. The van der Waals surface area contributed by atoms with E-state index in [0.29, 0.717) is 0 Å². The van der Waals surface area contributed by atoms with Gasteiger partial charge in [-0.1, -0.05) is 53.7 Å². The predicted molar refractivity (Wildman–Crippen MR) is 122 cm³/mol. The minimum Gasteiger partial charge on any atom is -0.476 e. The SMILES string of the molecule is CC(C)(CNC(=O)OCC1c2ccccc2-c2ccccc21)C(=O)NCc1cc(C(=O)O)no1. The molecule has 0 atom stereocenters. The highest BCUT2D eigenvalue weighted by molar-refractivity contribution is 5.85. The number of hydrogen-bond donors (Lipinski definition) is 3. The highest BCUT2D eigenvalue weighted by Gasteiger charge is 2.31. The summed E-state index contributed by atoms with van der Waals surface area (Å²) in [4.78, 5) is 35.8. The summed E-state index contributed by atoms with van der Waals surface area (Å²) in [5, 5.41) is 17.6. The first-order valence-corrected chi connectivity index (χ1v) is 10.8. The van der Waals surface area contributed by atoms with E-state index in [1.54, 1.807) is 13.8 Å². The quantitative estimate of drug-likeness (QED) is 0.466. The van der Waals surface area contributed by atoms with Crippen LogP contribution in [0.5, 0.6) is 0 Å². The van der Waals surface area contributed by atoms with Gasteiger partial charge in [-0.05, 0) is 36.1 Å². The van der Waals surface area contributed by atoms with E-state index in [1.807, 2.05) is 36.4 Å². The molecule has 0 radical (unpaired) electrons. The van der Waals surface area contributed by atoms with Gasteiger partial charge in [-0.15, -0.1) is 0 Å². The zero-order valence-electron chi connectivity index (χ0n) is 18.8. The third kappa shape index (κ3) is 4.78. The van der Waals surface area contributed by atoms with Crippen molar-refractivity contribution in [3.05, 3.63) is 77.2 Å². The molecule has 1 heterocycles. The average Bonchev–Trinajstić information content (AvgIpc) is 3.43. The van der Waals surface area contributed by atoms with Crippen molar-refractivity contribution in [1.29, 1.82) is 0 Å². The van der Waals surface area contributed by atoms with Gasteiger partial charge in [0, 0.05) is 18.5 Å². The van der Waals surface area contributed by atoms with E-state index < -0.39 is 17.5 Å². The molecule has 0 saturated heterocycles. The number of aromatic carboxylic acids is 1. The maximum atomic E-state index is 12.6. The fourth-order valence-corrected chi connectivity index (χ4v) is 3.93. The number of fused-ring (bicyclic) bond motifs is 3. The minimum atomic E-state index is -1.21. The van der Waals surface area contributed by atoms with Gasteiger partial charge in [-0.25, -0.2) is 9.59 Å². The number of benzene rings is 2. The van der Waals surface area contributed by atoms with Crippen molar-refractivity contribution in [2.75, 3.05) is 13.2 Å². The first kappa shape index (κ1) is 23.0. The zero-order chi connectivity index (χ0) is 24.3. The number of nitrogens with zero attached hydrogens (tertiary/aromatic N) is 1. The molecule has 1 aromatic heterocycles. The first-order chi connectivity index (χ1) is 16.3. The van der Waals surface area contributed by atoms with Crippen LogP contribution in [-0.4, -0.2) is 41.4 Å². The van der Waals surface area contributed by atoms with E-state index in [-0.39, 0.29) is 43.0 Å². The number of rotatable bonds is 8. The number of carbonyl (C=O) groups excluding carboxylic acids is 2. The summed E-state index contributed by atoms with van der Waals surface area (Å²) in [6.45, 7) is 3.56. The number of alkyl carbamates (subject to hydrolysis) is 1. The molecule has 3 N–H and O–H groups in total. The number of nitrogens with one attached hydrogen (secondary N) is 2. The van der Waals surface area contributed by atoms with Gasteiger partial charge in [0.2, 0.25) is 5.91 Å². The molecular formula is C25H25N3O6. The Morgan fingerprint density at radius 3 is 2.24 bits per heavy atom. The van der Waals surface area contributed by atoms with Gasteiger partial charge in [-0.2, -0.15) is 0 Å².